The molecule has 17 nitrogen and oxygen atoms in total. The Morgan fingerprint density at radius 2 is 0.522 bits per heavy atom. The van der Waals surface area contributed by atoms with Crippen molar-refractivity contribution >= 4 is 39.5 Å². The first-order chi connectivity index (χ1) is 44.1. The molecule has 0 saturated heterocycles. The minimum atomic E-state index is -4.96. The summed E-state index contributed by atoms with van der Waals surface area (Å²) in [6, 6.07) is 0. The molecule has 0 heterocycles. The molecule has 0 aromatic carbocycles. The first-order valence-electron chi connectivity index (χ1n) is 37.7. The van der Waals surface area contributed by atoms with Crippen molar-refractivity contribution < 1.29 is 80.2 Å². The van der Waals surface area contributed by atoms with Crippen LogP contribution in [0.5, 0.6) is 0 Å². The second kappa shape index (κ2) is 62.6. The van der Waals surface area contributed by atoms with Crippen LogP contribution in [0.4, 0.5) is 0 Å². The molecule has 0 aliphatic rings. The first kappa shape index (κ1) is 90.1. The molecule has 0 aliphatic carbocycles. The summed E-state index contributed by atoms with van der Waals surface area (Å²) < 4.78 is 68.4. The van der Waals surface area contributed by atoms with E-state index in [-0.39, 0.29) is 25.7 Å². The van der Waals surface area contributed by atoms with Crippen molar-refractivity contribution in [1.29, 1.82) is 0 Å². The lowest BCUT2D eigenvalue weighted by molar-refractivity contribution is -0.161. The molecule has 0 rings (SSSR count). The maximum absolute atomic E-state index is 13.0. The number of carbonyl (C=O) groups excluding carboxylic acids is 4. The van der Waals surface area contributed by atoms with E-state index < -0.39 is 97.5 Å². The predicted molar refractivity (Wildman–Crippen MR) is 372 cm³/mol. The summed E-state index contributed by atoms with van der Waals surface area (Å²) in [7, 11) is -9.91. The van der Waals surface area contributed by atoms with Gasteiger partial charge in [0.25, 0.3) is 0 Å². The topological polar surface area (TPSA) is 237 Å². The van der Waals surface area contributed by atoms with Gasteiger partial charge in [0.15, 0.2) is 12.2 Å². The third-order valence-corrected chi connectivity index (χ3v) is 19.1. The van der Waals surface area contributed by atoms with Gasteiger partial charge in [0.05, 0.1) is 26.4 Å². The number of ether oxygens (including phenoxy) is 4. The van der Waals surface area contributed by atoms with E-state index >= 15 is 0 Å². The highest BCUT2D eigenvalue weighted by molar-refractivity contribution is 7.47. The lowest BCUT2D eigenvalue weighted by atomic mass is 9.99. The fourth-order valence-electron chi connectivity index (χ4n) is 11.0. The number of hydrogen-bond donors (Lipinski definition) is 3. The highest BCUT2D eigenvalue weighted by atomic mass is 31.2. The standard InChI is InChI=1S/C73H142O17P2/c1-9-66(8)52-44-36-27-21-14-12-10-11-13-15-22-28-37-45-53-70(75)83-59-68(89-72(77)55-47-39-29-23-17-16-19-25-33-41-49-63(2)3)61-87-91(79,80)85-57-67(74)58-86-92(81,82)88-62-69(60-84-71(76)54-46-38-32-31-35-43-51-65(6)7)90-73(78)56-48-40-30-24-18-20-26-34-42-50-64(4)5/h63-69,74H,9-62H2,1-8H3,(H,79,80)(H,81,82)/t66?,67-,68-,69-/m1/s1. The van der Waals surface area contributed by atoms with Crippen LogP contribution in [-0.2, 0) is 65.4 Å². The first-order valence-corrected chi connectivity index (χ1v) is 40.7. The number of carbonyl (C=O) groups is 4. The largest absolute Gasteiger partial charge is 0.472 e. The molecule has 0 aromatic heterocycles. The van der Waals surface area contributed by atoms with E-state index in [0.717, 1.165) is 114 Å². The molecule has 0 bridgehead atoms. The second-order valence-corrected chi connectivity index (χ2v) is 30.9. The van der Waals surface area contributed by atoms with Crippen LogP contribution < -0.4 is 0 Å². The van der Waals surface area contributed by atoms with Crippen LogP contribution in [0.2, 0.25) is 0 Å². The molecule has 92 heavy (non-hydrogen) atoms. The van der Waals surface area contributed by atoms with Crippen LogP contribution >= 0.6 is 15.6 Å². The van der Waals surface area contributed by atoms with Gasteiger partial charge in [-0.05, 0) is 49.4 Å². The van der Waals surface area contributed by atoms with Gasteiger partial charge in [-0.3, -0.25) is 37.3 Å². The fraction of sp³-hybridized carbons (Fsp3) is 0.945. The normalized spacial score (nSPS) is 14.5. The van der Waals surface area contributed by atoms with Crippen LogP contribution in [0, 0.1) is 23.7 Å². The zero-order chi connectivity index (χ0) is 68.2. The van der Waals surface area contributed by atoms with Crippen LogP contribution in [0.25, 0.3) is 0 Å². The molecule has 3 unspecified atom stereocenters. The number of phosphoric ester groups is 2. The van der Waals surface area contributed by atoms with E-state index in [0.29, 0.717) is 31.6 Å². The average Bonchev–Trinajstić information content (AvgIpc) is 3.13. The Morgan fingerprint density at radius 3 is 0.772 bits per heavy atom. The van der Waals surface area contributed by atoms with E-state index in [4.69, 9.17) is 37.0 Å². The van der Waals surface area contributed by atoms with Crippen LogP contribution in [0.1, 0.15) is 364 Å². The minimum Gasteiger partial charge on any atom is -0.462 e. The third kappa shape index (κ3) is 65.4. The van der Waals surface area contributed by atoms with Crippen molar-refractivity contribution in [2.45, 2.75) is 382 Å². The van der Waals surface area contributed by atoms with E-state index in [9.17, 15) is 43.2 Å². The van der Waals surface area contributed by atoms with Gasteiger partial charge in [-0.2, -0.15) is 0 Å². The maximum Gasteiger partial charge on any atom is 0.472 e. The lowest BCUT2D eigenvalue weighted by Crippen LogP contribution is -2.30. The van der Waals surface area contributed by atoms with Gasteiger partial charge >= 0.3 is 39.5 Å². The van der Waals surface area contributed by atoms with E-state index in [1.165, 1.54) is 161 Å². The molecule has 3 N–H and O–H groups in total. The molecule has 0 aliphatic heterocycles. The second-order valence-electron chi connectivity index (χ2n) is 28.0. The van der Waals surface area contributed by atoms with Crippen molar-refractivity contribution in [1.82, 2.24) is 0 Å². The molecule has 0 fully saturated rings. The summed E-state index contributed by atoms with van der Waals surface area (Å²) in [6.45, 7) is 14.1. The van der Waals surface area contributed by atoms with Crippen molar-refractivity contribution in [2.24, 2.45) is 23.7 Å². The molecule has 19 heteroatoms. The van der Waals surface area contributed by atoms with Gasteiger partial charge in [-0.15, -0.1) is 0 Å². The molecule has 0 aromatic rings. The summed E-state index contributed by atoms with van der Waals surface area (Å²) >= 11 is 0. The molecule has 0 amide bonds. The summed E-state index contributed by atoms with van der Waals surface area (Å²) in [4.78, 5) is 72.6. The van der Waals surface area contributed by atoms with E-state index in [2.05, 4.69) is 55.4 Å². The Hall–Kier alpha value is -1.94. The molecule has 0 spiro atoms. The number of esters is 4. The lowest BCUT2D eigenvalue weighted by Gasteiger charge is -2.21. The van der Waals surface area contributed by atoms with Gasteiger partial charge in [0.1, 0.15) is 19.3 Å². The van der Waals surface area contributed by atoms with Gasteiger partial charge in [0.2, 0.25) is 0 Å². The Bertz CT molecular complexity index is 1820. The SMILES string of the molecule is CCC(C)CCCCCCCCCCCCCCCCC(=O)OC[C@H](COP(=O)(O)OC[C@@H](O)COP(=O)(O)OC[C@@H](COC(=O)CCCCCCCCC(C)C)OC(=O)CCCCCCCCCCCC(C)C)OC(=O)CCCCCCCCCCCCC(C)C. The van der Waals surface area contributed by atoms with E-state index in [1.807, 2.05) is 0 Å². The van der Waals surface area contributed by atoms with Crippen molar-refractivity contribution in [3.8, 4) is 0 Å². The predicted octanol–water partition coefficient (Wildman–Crippen LogP) is 20.9. The quantitative estimate of drug-likeness (QED) is 0.0222. The van der Waals surface area contributed by atoms with Crippen LogP contribution in [-0.4, -0.2) is 96.7 Å². The Morgan fingerprint density at radius 1 is 0.304 bits per heavy atom. The van der Waals surface area contributed by atoms with E-state index in [1.54, 1.807) is 0 Å². The van der Waals surface area contributed by atoms with Crippen LogP contribution in [0.3, 0.4) is 0 Å². The van der Waals surface area contributed by atoms with Gasteiger partial charge in [0, 0.05) is 25.7 Å². The van der Waals surface area contributed by atoms with Gasteiger partial charge in [-0.1, -0.05) is 312 Å². The number of aliphatic hydroxyl groups excluding tert-OH is 1. The summed E-state index contributed by atoms with van der Waals surface area (Å²) in [5.41, 5.74) is 0. The van der Waals surface area contributed by atoms with Crippen LogP contribution in [0.15, 0.2) is 0 Å². The van der Waals surface area contributed by atoms with Crippen molar-refractivity contribution in [2.75, 3.05) is 39.6 Å². The average molecular weight is 1350 g/mol. The fourth-order valence-corrected chi connectivity index (χ4v) is 12.6. The summed E-state index contributed by atoms with van der Waals surface area (Å²) in [5, 5.41) is 10.6. The Balaban J connectivity index is 5.22. The monoisotopic (exact) mass is 1350 g/mol. The summed E-state index contributed by atoms with van der Waals surface area (Å²) in [6.07, 6.45) is 45.9. The van der Waals surface area contributed by atoms with Crippen molar-refractivity contribution in [3.63, 3.8) is 0 Å². The maximum atomic E-state index is 13.0. The summed E-state index contributed by atoms with van der Waals surface area (Å²) in [5.74, 6) is 0.890. The third-order valence-electron chi connectivity index (χ3n) is 17.2. The molecule has 6 atom stereocenters. The smallest absolute Gasteiger partial charge is 0.462 e. The molecule has 546 valence electrons. The highest BCUT2D eigenvalue weighted by Gasteiger charge is 2.30. The number of aliphatic hydroxyl groups is 1. The number of hydrogen-bond acceptors (Lipinski definition) is 15. The zero-order valence-corrected chi connectivity index (χ0v) is 62.0. The molecular weight excluding hydrogens is 1210 g/mol. The zero-order valence-electron chi connectivity index (χ0n) is 60.2. The van der Waals surface area contributed by atoms with Crippen molar-refractivity contribution in [3.05, 3.63) is 0 Å². The van der Waals surface area contributed by atoms with Gasteiger partial charge < -0.3 is 33.8 Å². The molecule has 0 radical (unpaired) electrons. The Kier molecular flexibility index (Phi) is 61.3. The number of rotatable bonds is 70. The Labute approximate surface area is 562 Å². The highest BCUT2D eigenvalue weighted by Crippen LogP contribution is 2.45. The van der Waals surface area contributed by atoms with Gasteiger partial charge in [-0.25, -0.2) is 9.13 Å². The molecular formula is C73H142O17P2. The number of unbranched alkanes of at least 4 members (excludes halogenated alkanes) is 35. The number of phosphoric acid groups is 2. The molecule has 0 saturated carbocycles. The minimum absolute atomic E-state index is 0.104.